The van der Waals surface area contributed by atoms with Crippen LogP contribution in [0.3, 0.4) is 0 Å². The number of rotatable bonds is 5. The van der Waals surface area contributed by atoms with Crippen LogP contribution in [-0.2, 0) is 0 Å². The van der Waals surface area contributed by atoms with Crippen molar-refractivity contribution in [1.29, 1.82) is 5.26 Å². The van der Waals surface area contributed by atoms with E-state index in [-0.39, 0.29) is 27.8 Å². The summed E-state index contributed by atoms with van der Waals surface area (Å²) in [5, 5.41) is 22.4. The zero-order valence-electron chi connectivity index (χ0n) is 14.3. The van der Waals surface area contributed by atoms with Gasteiger partial charge in [0.15, 0.2) is 0 Å². The zero-order valence-corrected chi connectivity index (χ0v) is 15.0. The highest BCUT2D eigenvalue weighted by Gasteiger charge is 2.16. The largest absolute Gasteiger partial charge is 0.455 e. The Balaban J connectivity index is 1.83. The van der Waals surface area contributed by atoms with Crippen molar-refractivity contribution in [1.82, 2.24) is 0 Å². The van der Waals surface area contributed by atoms with Gasteiger partial charge in [0, 0.05) is 17.8 Å². The Morgan fingerprint density at radius 3 is 2.43 bits per heavy atom. The van der Waals surface area contributed by atoms with Crippen LogP contribution in [0.1, 0.15) is 15.9 Å². The summed E-state index contributed by atoms with van der Waals surface area (Å²) in [6, 6.07) is 18.8. The number of nitrogens with zero attached hydrogens (tertiary/aromatic N) is 2. The van der Waals surface area contributed by atoms with Crippen LogP contribution in [0.25, 0.3) is 0 Å². The van der Waals surface area contributed by atoms with Gasteiger partial charge in [0.25, 0.3) is 11.6 Å². The fourth-order valence-electron chi connectivity index (χ4n) is 2.37. The molecule has 0 aliphatic heterocycles. The van der Waals surface area contributed by atoms with Crippen molar-refractivity contribution in [2.75, 3.05) is 5.32 Å². The molecule has 0 unspecified atom stereocenters. The lowest BCUT2D eigenvalue weighted by molar-refractivity contribution is -0.384. The van der Waals surface area contributed by atoms with Crippen molar-refractivity contribution >= 4 is 28.9 Å². The van der Waals surface area contributed by atoms with Crippen LogP contribution in [0.2, 0.25) is 5.02 Å². The van der Waals surface area contributed by atoms with Gasteiger partial charge in [-0.15, -0.1) is 0 Å². The first-order chi connectivity index (χ1) is 13.5. The molecule has 1 amide bonds. The van der Waals surface area contributed by atoms with Crippen LogP contribution in [0.15, 0.2) is 66.7 Å². The number of ether oxygens (including phenoxy) is 1. The lowest BCUT2D eigenvalue weighted by atomic mass is 10.1. The van der Waals surface area contributed by atoms with E-state index in [2.05, 4.69) is 5.32 Å². The number of nitrogens with one attached hydrogen (secondary N) is 1. The van der Waals surface area contributed by atoms with Gasteiger partial charge in [0.2, 0.25) is 0 Å². The van der Waals surface area contributed by atoms with Gasteiger partial charge >= 0.3 is 0 Å². The number of para-hydroxylation sites is 1. The molecule has 3 aromatic rings. The van der Waals surface area contributed by atoms with E-state index in [1.54, 1.807) is 48.5 Å². The summed E-state index contributed by atoms with van der Waals surface area (Å²) in [5.74, 6) is 0.00799. The fourth-order valence-corrected chi connectivity index (χ4v) is 2.59. The molecule has 0 atom stereocenters. The number of non-ortho nitro benzene ring substituents is 1. The number of anilines is 1. The summed E-state index contributed by atoms with van der Waals surface area (Å²) in [6.45, 7) is 0. The molecule has 0 aliphatic rings. The molecule has 1 N–H and O–H groups in total. The molecule has 3 aromatic carbocycles. The quantitative estimate of drug-likeness (QED) is 0.475. The molecule has 0 radical (unpaired) electrons. The van der Waals surface area contributed by atoms with E-state index in [4.69, 9.17) is 21.6 Å². The second kappa shape index (κ2) is 8.20. The number of amides is 1. The standard InChI is InChI=1S/C20H12ClN3O4/c21-17-11-15(24(26)27)9-10-19(17)28-18-4-2-1-3-16(18)20(25)23-14-7-5-13(12-22)6-8-14/h1-11H,(H,23,25). The molecular formula is C20H12ClN3O4. The summed E-state index contributed by atoms with van der Waals surface area (Å²) in [6.07, 6.45) is 0. The first-order valence-corrected chi connectivity index (χ1v) is 8.38. The first-order valence-electron chi connectivity index (χ1n) is 8.00. The predicted molar refractivity (Wildman–Crippen MR) is 104 cm³/mol. The zero-order chi connectivity index (χ0) is 20.1. The Bertz CT molecular complexity index is 1090. The Morgan fingerprint density at radius 1 is 1.07 bits per heavy atom. The summed E-state index contributed by atoms with van der Waals surface area (Å²) in [5.41, 5.74) is 1.09. The van der Waals surface area contributed by atoms with Crippen molar-refractivity contribution in [3.8, 4) is 17.6 Å². The van der Waals surface area contributed by atoms with E-state index in [1.165, 1.54) is 18.2 Å². The van der Waals surface area contributed by atoms with Gasteiger partial charge in [0.05, 0.1) is 27.1 Å². The molecular weight excluding hydrogens is 382 g/mol. The topological polar surface area (TPSA) is 105 Å². The molecule has 28 heavy (non-hydrogen) atoms. The number of hydrogen-bond acceptors (Lipinski definition) is 5. The normalized spacial score (nSPS) is 10.0. The number of hydrogen-bond donors (Lipinski definition) is 1. The third kappa shape index (κ3) is 4.26. The average molecular weight is 394 g/mol. The minimum absolute atomic E-state index is 0.0523. The fraction of sp³-hybridized carbons (Fsp3) is 0. The molecule has 0 saturated carbocycles. The van der Waals surface area contributed by atoms with Gasteiger partial charge < -0.3 is 10.1 Å². The highest BCUT2D eigenvalue weighted by atomic mass is 35.5. The number of nitro benzene ring substituents is 1. The molecule has 0 saturated heterocycles. The van der Waals surface area contributed by atoms with E-state index in [0.717, 1.165) is 0 Å². The molecule has 0 spiro atoms. The smallest absolute Gasteiger partial charge is 0.271 e. The number of carbonyl (C=O) groups is 1. The second-order valence-electron chi connectivity index (χ2n) is 5.61. The summed E-state index contributed by atoms with van der Waals surface area (Å²) in [7, 11) is 0. The van der Waals surface area contributed by atoms with Crippen LogP contribution in [0, 0.1) is 21.4 Å². The molecule has 3 rings (SSSR count). The van der Waals surface area contributed by atoms with Crippen LogP contribution in [0.4, 0.5) is 11.4 Å². The van der Waals surface area contributed by atoms with Gasteiger partial charge in [0.1, 0.15) is 11.5 Å². The number of nitro groups is 1. The van der Waals surface area contributed by atoms with Gasteiger partial charge in [-0.1, -0.05) is 23.7 Å². The third-order valence-electron chi connectivity index (χ3n) is 3.75. The average Bonchev–Trinajstić information content (AvgIpc) is 2.70. The Labute approximate surface area is 164 Å². The number of carbonyl (C=O) groups excluding carboxylic acids is 1. The molecule has 0 fully saturated rings. The minimum Gasteiger partial charge on any atom is -0.455 e. The van der Waals surface area contributed by atoms with Crippen LogP contribution >= 0.6 is 11.6 Å². The summed E-state index contributed by atoms with van der Waals surface area (Å²) >= 11 is 6.06. The maximum absolute atomic E-state index is 12.6. The Morgan fingerprint density at radius 2 is 1.79 bits per heavy atom. The van der Waals surface area contributed by atoms with Crippen molar-refractivity contribution in [3.63, 3.8) is 0 Å². The Kier molecular flexibility index (Phi) is 5.53. The lowest BCUT2D eigenvalue weighted by Gasteiger charge is -2.12. The van der Waals surface area contributed by atoms with Crippen molar-refractivity contribution in [3.05, 3.63) is 93.0 Å². The number of halogens is 1. The number of benzene rings is 3. The highest BCUT2D eigenvalue weighted by molar-refractivity contribution is 6.32. The van der Waals surface area contributed by atoms with Gasteiger partial charge in [-0.2, -0.15) is 5.26 Å². The molecule has 7 nitrogen and oxygen atoms in total. The van der Waals surface area contributed by atoms with Crippen molar-refractivity contribution in [2.24, 2.45) is 0 Å². The minimum atomic E-state index is -0.561. The highest BCUT2D eigenvalue weighted by Crippen LogP contribution is 2.34. The second-order valence-corrected chi connectivity index (χ2v) is 6.02. The maximum atomic E-state index is 12.6. The van der Waals surface area contributed by atoms with Gasteiger partial charge in [-0.25, -0.2) is 0 Å². The Hall–Kier alpha value is -3.89. The molecule has 8 heteroatoms. The summed E-state index contributed by atoms with van der Waals surface area (Å²) < 4.78 is 5.71. The van der Waals surface area contributed by atoms with E-state index < -0.39 is 10.8 Å². The molecule has 0 heterocycles. The van der Waals surface area contributed by atoms with Crippen molar-refractivity contribution in [2.45, 2.75) is 0 Å². The molecule has 138 valence electrons. The van der Waals surface area contributed by atoms with Gasteiger partial charge in [-0.3, -0.25) is 14.9 Å². The molecule has 0 aromatic heterocycles. The predicted octanol–water partition coefficient (Wildman–Crippen LogP) is 5.16. The van der Waals surface area contributed by atoms with Crippen LogP contribution < -0.4 is 10.1 Å². The first kappa shape index (κ1) is 18.9. The van der Waals surface area contributed by atoms with E-state index in [9.17, 15) is 14.9 Å². The number of nitriles is 1. The monoisotopic (exact) mass is 393 g/mol. The van der Waals surface area contributed by atoms with Crippen molar-refractivity contribution < 1.29 is 14.5 Å². The third-order valence-corrected chi connectivity index (χ3v) is 4.05. The van der Waals surface area contributed by atoms with Crippen LogP contribution in [0.5, 0.6) is 11.5 Å². The van der Waals surface area contributed by atoms with E-state index in [0.29, 0.717) is 11.3 Å². The van der Waals surface area contributed by atoms with E-state index >= 15 is 0 Å². The maximum Gasteiger partial charge on any atom is 0.271 e. The lowest BCUT2D eigenvalue weighted by Crippen LogP contribution is -2.13. The van der Waals surface area contributed by atoms with E-state index in [1.807, 2.05) is 6.07 Å². The van der Waals surface area contributed by atoms with Crippen LogP contribution in [-0.4, -0.2) is 10.8 Å². The molecule has 0 bridgehead atoms. The molecule has 0 aliphatic carbocycles. The SMILES string of the molecule is N#Cc1ccc(NC(=O)c2ccccc2Oc2ccc([N+](=O)[O-])cc2Cl)cc1. The summed E-state index contributed by atoms with van der Waals surface area (Å²) in [4.78, 5) is 22.9. The van der Waals surface area contributed by atoms with Gasteiger partial charge in [-0.05, 0) is 42.5 Å².